The summed E-state index contributed by atoms with van der Waals surface area (Å²) in [6, 6.07) is 8.85. The molecule has 0 aliphatic rings. The third-order valence-electron chi connectivity index (χ3n) is 4.25. The molecule has 0 bridgehead atoms. The Morgan fingerprint density at radius 2 is 1.61 bits per heavy atom. The highest BCUT2D eigenvalue weighted by Gasteiger charge is 2.11. The van der Waals surface area contributed by atoms with Gasteiger partial charge in [0.1, 0.15) is 0 Å². The molecular formula is C19H33N3O. The number of carbonyl (C=O) groups is 1. The molecule has 130 valence electrons. The van der Waals surface area contributed by atoms with Crippen LogP contribution in [0.4, 0.5) is 5.69 Å². The van der Waals surface area contributed by atoms with Gasteiger partial charge in [-0.1, -0.05) is 6.92 Å². The van der Waals surface area contributed by atoms with Gasteiger partial charge >= 0.3 is 0 Å². The minimum Gasteiger partial charge on any atom is -0.369 e. The Morgan fingerprint density at radius 3 is 2.04 bits per heavy atom. The zero-order valence-corrected chi connectivity index (χ0v) is 15.6. The van der Waals surface area contributed by atoms with E-state index in [9.17, 15) is 4.79 Å². The fourth-order valence-corrected chi connectivity index (χ4v) is 2.85. The summed E-state index contributed by atoms with van der Waals surface area (Å²) in [7, 11) is 0. The Kier molecular flexibility index (Phi) is 8.10. The predicted molar refractivity (Wildman–Crippen MR) is 99.3 cm³/mol. The van der Waals surface area contributed by atoms with Crippen LogP contribution < -0.4 is 10.2 Å². The summed E-state index contributed by atoms with van der Waals surface area (Å²) in [6.45, 7) is 16.5. The van der Waals surface area contributed by atoms with Gasteiger partial charge in [0.15, 0.2) is 0 Å². The standard InChI is InChI=1S/C19H33N3O/c1-7-21(15(3)4)14-13-20-19(23)17-9-11-18(12-10-17)22(8-2)16(5)6/h9-12,15-16H,7-8,13-14H2,1-6H3,(H,20,23). The fraction of sp³-hybridized carbons (Fsp3) is 0.632. The van der Waals surface area contributed by atoms with E-state index in [2.05, 4.69) is 56.7 Å². The van der Waals surface area contributed by atoms with Gasteiger partial charge in [-0.15, -0.1) is 0 Å². The van der Waals surface area contributed by atoms with Crippen LogP contribution in [0.2, 0.25) is 0 Å². The molecule has 0 aliphatic heterocycles. The molecule has 1 aromatic rings. The van der Waals surface area contributed by atoms with E-state index in [4.69, 9.17) is 0 Å². The van der Waals surface area contributed by atoms with Crippen LogP contribution in [0.5, 0.6) is 0 Å². The SMILES string of the molecule is CCN(CCNC(=O)c1ccc(N(CC)C(C)C)cc1)C(C)C. The number of nitrogens with one attached hydrogen (secondary N) is 1. The molecule has 23 heavy (non-hydrogen) atoms. The summed E-state index contributed by atoms with van der Waals surface area (Å²) in [5.41, 5.74) is 1.89. The van der Waals surface area contributed by atoms with Crippen LogP contribution in [-0.4, -0.2) is 49.1 Å². The summed E-state index contributed by atoms with van der Waals surface area (Å²) in [6.07, 6.45) is 0. The highest BCUT2D eigenvalue weighted by Crippen LogP contribution is 2.17. The van der Waals surface area contributed by atoms with E-state index in [-0.39, 0.29) is 5.91 Å². The minimum atomic E-state index is 0.00366. The van der Waals surface area contributed by atoms with Crippen molar-refractivity contribution in [3.63, 3.8) is 0 Å². The molecule has 0 spiro atoms. The smallest absolute Gasteiger partial charge is 0.251 e. The summed E-state index contributed by atoms with van der Waals surface area (Å²) in [5, 5.41) is 3.01. The third kappa shape index (κ3) is 5.87. The number of hydrogen-bond donors (Lipinski definition) is 1. The Morgan fingerprint density at radius 1 is 1.00 bits per heavy atom. The molecule has 4 nitrogen and oxygen atoms in total. The first kappa shape index (κ1) is 19.5. The van der Waals surface area contributed by atoms with Crippen molar-refractivity contribution in [3.8, 4) is 0 Å². The maximum atomic E-state index is 12.2. The predicted octanol–water partition coefficient (Wildman–Crippen LogP) is 3.38. The van der Waals surface area contributed by atoms with E-state index < -0.39 is 0 Å². The van der Waals surface area contributed by atoms with Gasteiger partial charge in [-0.25, -0.2) is 0 Å². The quantitative estimate of drug-likeness (QED) is 0.758. The number of carbonyl (C=O) groups excluding carboxylic acids is 1. The van der Waals surface area contributed by atoms with Crippen LogP contribution in [-0.2, 0) is 0 Å². The average molecular weight is 319 g/mol. The molecule has 0 atom stereocenters. The first-order valence-electron chi connectivity index (χ1n) is 8.79. The van der Waals surface area contributed by atoms with Crippen molar-refractivity contribution >= 4 is 11.6 Å². The zero-order valence-electron chi connectivity index (χ0n) is 15.6. The molecule has 4 heteroatoms. The second-order valence-corrected chi connectivity index (χ2v) is 6.40. The van der Waals surface area contributed by atoms with Crippen molar-refractivity contribution in [1.29, 1.82) is 0 Å². The number of anilines is 1. The maximum absolute atomic E-state index is 12.2. The first-order valence-corrected chi connectivity index (χ1v) is 8.79. The Balaban J connectivity index is 2.57. The van der Waals surface area contributed by atoms with Gasteiger partial charge in [-0.3, -0.25) is 9.69 Å². The van der Waals surface area contributed by atoms with E-state index >= 15 is 0 Å². The van der Waals surface area contributed by atoms with Crippen molar-refractivity contribution in [2.24, 2.45) is 0 Å². The highest BCUT2D eigenvalue weighted by atomic mass is 16.1. The zero-order chi connectivity index (χ0) is 17.4. The van der Waals surface area contributed by atoms with Gasteiger partial charge < -0.3 is 10.2 Å². The van der Waals surface area contributed by atoms with Crippen molar-refractivity contribution < 1.29 is 4.79 Å². The lowest BCUT2D eigenvalue weighted by Crippen LogP contribution is -2.38. The molecule has 0 unspecified atom stereocenters. The molecule has 0 saturated heterocycles. The molecular weight excluding hydrogens is 286 g/mol. The van der Waals surface area contributed by atoms with Crippen LogP contribution in [0, 0.1) is 0 Å². The summed E-state index contributed by atoms with van der Waals surface area (Å²) >= 11 is 0. The topological polar surface area (TPSA) is 35.6 Å². The molecule has 0 aromatic heterocycles. The van der Waals surface area contributed by atoms with Crippen molar-refractivity contribution in [2.75, 3.05) is 31.1 Å². The molecule has 1 N–H and O–H groups in total. The van der Waals surface area contributed by atoms with Gasteiger partial charge in [-0.2, -0.15) is 0 Å². The molecule has 0 aliphatic carbocycles. The van der Waals surface area contributed by atoms with E-state index in [1.165, 1.54) is 0 Å². The van der Waals surface area contributed by atoms with E-state index in [1.807, 2.05) is 24.3 Å². The Hall–Kier alpha value is -1.55. The normalized spacial score (nSPS) is 11.3. The van der Waals surface area contributed by atoms with Gasteiger partial charge in [0.25, 0.3) is 5.91 Å². The third-order valence-corrected chi connectivity index (χ3v) is 4.25. The number of benzene rings is 1. The lowest BCUT2D eigenvalue weighted by atomic mass is 10.1. The second-order valence-electron chi connectivity index (χ2n) is 6.40. The van der Waals surface area contributed by atoms with Crippen molar-refractivity contribution in [1.82, 2.24) is 10.2 Å². The molecule has 1 rings (SSSR count). The lowest BCUT2D eigenvalue weighted by molar-refractivity contribution is 0.0946. The molecule has 0 saturated carbocycles. The number of hydrogen-bond acceptors (Lipinski definition) is 3. The number of amides is 1. The molecule has 0 radical (unpaired) electrons. The summed E-state index contributed by atoms with van der Waals surface area (Å²) < 4.78 is 0. The number of rotatable bonds is 9. The van der Waals surface area contributed by atoms with Gasteiger partial charge in [0.05, 0.1) is 0 Å². The lowest BCUT2D eigenvalue weighted by Gasteiger charge is -2.27. The first-order chi connectivity index (χ1) is 10.9. The molecule has 0 heterocycles. The van der Waals surface area contributed by atoms with Gasteiger partial charge in [-0.05, 0) is 65.4 Å². The van der Waals surface area contributed by atoms with E-state index in [0.29, 0.717) is 18.6 Å². The highest BCUT2D eigenvalue weighted by molar-refractivity contribution is 5.94. The fourth-order valence-electron chi connectivity index (χ4n) is 2.85. The van der Waals surface area contributed by atoms with E-state index in [1.54, 1.807) is 0 Å². The average Bonchev–Trinajstić information content (AvgIpc) is 2.52. The van der Waals surface area contributed by atoms with Crippen LogP contribution in [0.25, 0.3) is 0 Å². The van der Waals surface area contributed by atoms with Crippen LogP contribution in [0.3, 0.4) is 0 Å². The minimum absolute atomic E-state index is 0.00366. The van der Waals surface area contributed by atoms with E-state index in [0.717, 1.165) is 30.9 Å². The Bertz CT molecular complexity index is 468. The monoisotopic (exact) mass is 319 g/mol. The summed E-state index contributed by atoms with van der Waals surface area (Å²) in [4.78, 5) is 16.9. The van der Waals surface area contributed by atoms with Crippen LogP contribution in [0.15, 0.2) is 24.3 Å². The number of nitrogens with zero attached hydrogens (tertiary/aromatic N) is 2. The molecule has 1 aromatic carbocycles. The molecule has 1 amide bonds. The van der Waals surface area contributed by atoms with Gasteiger partial charge in [0.2, 0.25) is 0 Å². The van der Waals surface area contributed by atoms with Crippen LogP contribution >= 0.6 is 0 Å². The van der Waals surface area contributed by atoms with Crippen molar-refractivity contribution in [3.05, 3.63) is 29.8 Å². The summed E-state index contributed by atoms with van der Waals surface area (Å²) in [5.74, 6) is 0.00366. The largest absolute Gasteiger partial charge is 0.369 e. The van der Waals surface area contributed by atoms with Crippen LogP contribution in [0.1, 0.15) is 51.9 Å². The van der Waals surface area contributed by atoms with Crippen molar-refractivity contribution in [2.45, 2.75) is 53.6 Å². The Labute approximate surface area is 141 Å². The van der Waals surface area contributed by atoms with Gasteiger partial charge in [0, 0.05) is 43.0 Å². The maximum Gasteiger partial charge on any atom is 0.251 e. The molecule has 0 fully saturated rings. The number of likely N-dealkylation sites (N-methyl/N-ethyl adjacent to an activating group) is 1. The second kappa shape index (κ2) is 9.56.